The van der Waals surface area contributed by atoms with Crippen LogP contribution in [0.1, 0.15) is 6.23 Å². The summed E-state index contributed by atoms with van der Waals surface area (Å²) in [7, 11) is 0. The molecule has 2 heterocycles. The van der Waals surface area contributed by atoms with Crippen molar-refractivity contribution < 1.29 is 24.6 Å². The van der Waals surface area contributed by atoms with Crippen LogP contribution in [0, 0.1) is 0 Å². The Kier molecular flexibility index (Phi) is 3.07. The number of H-pyrrole nitrogens is 2. The summed E-state index contributed by atoms with van der Waals surface area (Å²) in [5, 5.41) is 28.0. The molecule has 2 rings (SSSR count). The number of rotatable bonds is 2. The first-order chi connectivity index (χ1) is 8.04. The zero-order chi connectivity index (χ0) is 12.6. The van der Waals surface area contributed by atoms with Crippen LogP contribution in [0.5, 0.6) is 0 Å². The van der Waals surface area contributed by atoms with E-state index in [1.165, 1.54) is 0 Å². The van der Waals surface area contributed by atoms with Crippen molar-refractivity contribution in [1.29, 1.82) is 0 Å². The molecule has 1 aliphatic heterocycles. The SMILES string of the molecule is O=c1[nH]c[n+]([C@@H]2O[C@H](CO)[C@H](O)C2O)c(=O)[nH]1. The number of aromatic nitrogens is 3. The molecule has 9 nitrogen and oxygen atoms in total. The smallest absolute Gasteiger partial charge is 0.394 e. The van der Waals surface area contributed by atoms with Gasteiger partial charge in [0.2, 0.25) is 6.23 Å². The first-order valence-electron chi connectivity index (χ1n) is 4.90. The molecule has 94 valence electrons. The molecule has 1 aromatic rings. The van der Waals surface area contributed by atoms with Crippen LogP contribution in [-0.4, -0.2) is 50.2 Å². The van der Waals surface area contributed by atoms with Crippen LogP contribution in [0.3, 0.4) is 0 Å². The summed E-state index contributed by atoms with van der Waals surface area (Å²) in [4.78, 5) is 26.4. The zero-order valence-corrected chi connectivity index (χ0v) is 8.61. The zero-order valence-electron chi connectivity index (χ0n) is 8.61. The lowest BCUT2D eigenvalue weighted by Crippen LogP contribution is -2.60. The van der Waals surface area contributed by atoms with Crippen LogP contribution in [0.15, 0.2) is 15.9 Å². The van der Waals surface area contributed by atoms with Gasteiger partial charge in [0.15, 0.2) is 6.33 Å². The Morgan fingerprint density at radius 3 is 2.59 bits per heavy atom. The molecule has 9 heteroatoms. The van der Waals surface area contributed by atoms with Gasteiger partial charge in [-0.05, 0) is 0 Å². The van der Waals surface area contributed by atoms with Gasteiger partial charge in [-0.25, -0.2) is 14.6 Å². The predicted octanol–water partition coefficient (Wildman–Crippen LogP) is -4.04. The first-order valence-corrected chi connectivity index (χ1v) is 4.90. The van der Waals surface area contributed by atoms with Gasteiger partial charge in [0.1, 0.15) is 18.3 Å². The molecule has 1 saturated heterocycles. The lowest BCUT2D eigenvalue weighted by molar-refractivity contribution is -0.782. The third kappa shape index (κ3) is 2.00. The second kappa shape index (κ2) is 4.37. The summed E-state index contributed by atoms with van der Waals surface area (Å²) >= 11 is 0. The highest BCUT2D eigenvalue weighted by molar-refractivity contribution is 4.83. The molecular weight excluding hydrogens is 234 g/mol. The largest absolute Gasteiger partial charge is 0.448 e. The Labute approximate surface area is 93.9 Å². The second-order valence-corrected chi connectivity index (χ2v) is 3.67. The fourth-order valence-electron chi connectivity index (χ4n) is 1.68. The summed E-state index contributed by atoms with van der Waals surface area (Å²) in [6.45, 7) is -0.490. The van der Waals surface area contributed by atoms with Crippen LogP contribution in [0.2, 0.25) is 0 Å². The van der Waals surface area contributed by atoms with Gasteiger partial charge in [-0.2, -0.15) is 9.55 Å². The Hall–Kier alpha value is -1.55. The van der Waals surface area contributed by atoms with Crippen molar-refractivity contribution in [1.82, 2.24) is 9.97 Å². The highest BCUT2D eigenvalue weighted by Crippen LogP contribution is 2.24. The van der Waals surface area contributed by atoms with Gasteiger partial charge >= 0.3 is 11.4 Å². The summed E-state index contributed by atoms with van der Waals surface area (Å²) in [6, 6.07) is 0. The van der Waals surface area contributed by atoms with E-state index >= 15 is 0 Å². The fourth-order valence-corrected chi connectivity index (χ4v) is 1.68. The lowest BCUT2D eigenvalue weighted by Gasteiger charge is -2.11. The predicted molar refractivity (Wildman–Crippen MR) is 50.9 cm³/mol. The van der Waals surface area contributed by atoms with E-state index < -0.39 is 42.5 Å². The van der Waals surface area contributed by atoms with Gasteiger partial charge in [-0.3, -0.25) is 0 Å². The minimum Gasteiger partial charge on any atom is -0.394 e. The standard InChI is InChI=1S/C8H11N3O6/c12-1-3-4(13)5(14)6(17-3)11-2-9-7(15)10-8(11)16/h2-6,12-14H,1H2,(H,10,15,16)/p+1/t3-,4+,5?,6-/m1/s1. The second-order valence-electron chi connectivity index (χ2n) is 3.67. The summed E-state index contributed by atoms with van der Waals surface area (Å²) in [5.74, 6) is 0. The lowest BCUT2D eigenvalue weighted by atomic mass is 10.1. The van der Waals surface area contributed by atoms with Crippen LogP contribution in [0.25, 0.3) is 0 Å². The highest BCUT2D eigenvalue weighted by Gasteiger charge is 2.45. The number of ether oxygens (including phenoxy) is 1. The van der Waals surface area contributed by atoms with E-state index in [4.69, 9.17) is 9.84 Å². The molecule has 0 aliphatic carbocycles. The van der Waals surface area contributed by atoms with Crippen LogP contribution >= 0.6 is 0 Å². The van der Waals surface area contributed by atoms with Gasteiger partial charge < -0.3 is 20.1 Å². The third-order valence-corrected chi connectivity index (χ3v) is 2.58. The van der Waals surface area contributed by atoms with Crippen molar-refractivity contribution in [3.05, 3.63) is 27.3 Å². The average molecular weight is 246 g/mol. The normalized spacial score (nSPS) is 32.9. The molecule has 0 saturated carbocycles. The van der Waals surface area contributed by atoms with Gasteiger partial charge in [0, 0.05) is 0 Å². The number of hydrogen-bond donors (Lipinski definition) is 5. The van der Waals surface area contributed by atoms with E-state index in [0.29, 0.717) is 0 Å². The molecule has 1 aliphatic rings. The maximum atomic E-state index is 11.4. The molecule has 17 heavy (non-hydrogen) atoms. The number of nitrogens with one attached hydrogen (secondary N) is 2. The van der Waals surface area contributed by atoms with Crippen molar-refractivity contribution in [3.8, 4) is 0 Å². The summed E-state index contributed by atoms with van der Waals surface area (Å²) in [5.41, 5.74) is -1.48. The minimum atomic E-state index is -1.37. The highest BCUT2D eigenvalue weighted by atomic mass is 16.6. The maximum Gasteiger partial charge on any atom is 0.448 e. The quantitative estimate of drug-likeness (QED) is 0.337. The summed E-state index contributed by atoms with van der Waals surface area (Å²) < 4.78 is 6.01. The molecule has 4 atom stereocenters. The van der Waals surface area contributed by atoms with E-state index in [1.54, 1.807) is 0 Å². The molecule has 0 bridgehead atoms. The van der Waals surface area contributed by atoms with E-state index in [9.17, 15) is 19.8 Å². The molecular formula is C8H12N3O6+. The van der Waals surface area contributed by atoms with Crippen molar-refractivity contribution in [2.24, 2.45) is 0 Å². The van der Waals surface area contributed by atoms with Crippen molar-refractivity contribution in [2.75, 3.05) is 6.61 Å². The minimum absolute atomic E-state index is 0.490. The van der Waals surface area contributed by atoms with E-state index in [0.717, 1.165) is 10.9 Å². The van der Waals surface area contributed by atoms with E-state index in [1.807, 2.05) is 4.98 Å². The number of hydrogen-bond acceptors (Lipinski definition) is 6. The number of aromatic amines is 2. The Morgan fingerprint density at radius 1 is 1.35 bits per heavy atom. The Morgan fingerprint density at radius 2 is 2.06 bits per heavy atom. The topological polar surface area (TPSA) is 140 Å². The van der Waals surface area contributed by atoms with Crippen LogP contribution in [-0.2, 0) is 4.74 Å². The van der Waals surface area contributed by atoms with Gasteiger partial charge in [0.25, 0.3) is 0 Å². The van der Waals surface area contributed by atoms with Crippen LogP contribution < -0.4 is 15.9 Å². The van der Waals surface area contributed by atoms with Gasteiger partial charge in [0.05, 0.1) is 6.61 Å². The molecule has 1 unspecified atom stereocenters. The van der Waals surface area contributed by atoms with Crippen molar-refractivity contribution >= 4 is 0 Å². The maximum absolute atomic E-state index is 11.4. The monoisotopic (exact) mass is 246 g/mol. The molecule has 5 N–H and O–H groups in total. The Balaban J connectivity index is 2.35. The van der Waals surface area contributed by atoms with Gasteiger partial charge in [-0.15, -0.1) is 0 Å². The third-order valence-electron chi connectivity index (χ3n) is 2.58. The molecule has 0 aromatic carbocycles. The van der Waals surface area contributed by atoms with Crippen LogP contribution in [0.4, 0.5) is 0 Å². The van der Waals surface area contributed by atoms with Crippen molar-refractivity contribution in [2.45, 2.75) is 24.5 Å². The molecule has 0 amide bonds. The summed E-state index contributed by atoms with van der Waals surface area (Å²) in [6.07, 6.45) is -3.79. The Bertz CT molecular complexity index is 510. The first kappa shape index (κ1) is 11.9. The number of aliphatic hydroxyl groups excluding tert-OH is 3. The average Bonchev–Trinajstić information content (AvgIpc) is 2.57. The van der Waals surface area contributed by atoms with E-state index in [-0.39, 0.29) is 0 Å². The molecule has 0 spiro atoms. The van der Waals surface area contributed by atoms with E-state index in [2.05, 4.69) is 4.98 Å². The molecule has 1 aromatic heterocycles. The number of nitrogens with zero attached hydrogens (tertiary/aromatic N) is 1. The molecule has 0 radical (unpaired) electrons. The van der Waals surface area contributed by atoms with Gasteiger partial charge in [-0.1, -0.05) is 0 Å². The van der Waals surface area contributed by atoms with Crippen molar-refractivity contribution in [3.63, 3.8) is 0 Å². The fraction of sp³-hybridized carbons (Fsp3) is 0.625. The number of aliphatic hydroxyl groups is 3. The molecule has 1 fully saturated rings.